The molecule has 0 atom stereocenters. The molecule has 1 heterocycles. The Morgan fingerprint density at radius 3 is 2.50 bits per heavy atom. The van der Waals surface area contributed by atoms with E-state index in [1.165, 1.54) is 0 Å². The van der Waals surface area contributed by atoms with E-state index >= 15 is 0 Å². The van der Waals surface area contributed by atoms with Gasteiger partial charge in [0, 0.05) is 16.8 Å². The minimum atomic E-state index is 0.671. The first-order valence-corrected chi connectivity index (χ1v) is 4.85. The van der Waals surface area contributed by atoms with Gasteiger partial charge >= 0.3 is 0 Å². The summed E-state index contributed by atoms with van der Waals surface area (Å²) in [5.41, 5.74) is 0.973. The zero-order valence-electron chi connectivity index (χ0n) is 7.20. The molecule has 0 saturated carbocycles. The fourth-order valence-electron chi connectivity index (χ4n) is 1.12. The minimum absolute atomic E-state index is 0.671. The Labute approximate surface area is 91.6 Å². The Hall–Kier alpha value is -1.19. The van der Waals surface area contributed by atoms with Gasteiger partial charge in [-0.2, -0.15) is 0 Å². The van der Waals surface area contributed by atoms with Crippen LogP contribution in [0.25, 0.3) is 11.4 Å². The first kappa shape index (κ1) is 9.37. The second-order valence-electron chi connectivity index (χ2n) is 2.79. The first-order valence-electron chi connectivity index (χ1n) is 4.07. The number of halogens is 1. The highest BCUT2D eigenvalue weighted by atomic mass is 35.5. The van der Waals surface area contributed by atoms with Crippen molar-refractivity contribution < 1.29 is 0 Å². The van der Waals surface area contributed by atoms with Gasteiger partial charge in [-0.3, -0.25) is 0 Å². The van der Waals surface area contributed by atoms with Crippen LogP contribution in [0.3, 0.4) is 0 Å². The van der Waals surface area contributed by atoms with Crippen LogP contribution in [0.1, 0.15) is 0 Å². The van der Waals surface area contributed by atoms with Gasteiger partial charge in [0.2, 0.25) is 0 Å². The van der Waals surface area contributed by atoms with Crippen molar-refractivity contribution in [3.63, 3.8) is 0 Å². The second-order valence-corrected chi connectivity index (χ2v) is 3.67. The number of hydrogen-bond acceptors (Lipinski definition) is 2. The maximum atomic E-state index is 5.78. The molecule has 0 fully saturated rings. The second kappa shape index (κ2) is 3.90. The predicted octanol–water partition coefficient (Wildman–Crippen LogP) is 3.46. The summed E-state index contributed by atoms with van der Waals surface area (Å²) in [6.45, 7) is 0. The van der Waals surface area contributed by atoms with Crippen LogP contribution in [0.15, 0.2) is 36.5 Å². The Morgan fingerprint density at radius 1 is 1.14 bits per heavy atom. The molecule has 0 aliphatic carbocycles. The van der Waals surface area contributed by atoms with Crippen molar-refractivity contribution in [3.8, 4) is 11.4 Å². The molecule has 4 heteroatoms. The quantitative estimate of drug-likeness (QED) is 0.749. The lowest BCUT2D eigenvalue weighted by Gasteiger charge is -1.99. The van der Waals surface area contributed by atoms with Gasteiger partial charge in [-0.1, -0.05) is 23.8 Å². The van der Waals surface area contributed by atoms with Gasteiger partial charge in [-0.05, 0) is 30.3 Å². The third-order valence-electron chi connectivity index (χ3n) is 1.79. The average Bonchev–Trinajstić information content (AvgIpc) is 2.19. The molecule has 2 aromatic rings. The molecule has 0 unspecified atom stereocenters. The highest BCUT2D eigenvalue weighted by Crippen LogP contribution is 2.17. The highest BCUT2D eigenvalue weighted by molar-refractivity contribution is 7.71. The van der Waals surface area contributed by atoms with Crippen molar-refractivity contribution >= 4 is 23.8 Å². The van der Waals surface area contributed by atoms with Gasteiger partial charge in [0.1, 0.15) is 10.5 Å². The monoisotopic (exact) mass is 222 g/mol. The van der Waals surface area contributed by atoms with Gasteiger partial charge < -0.3 is 4.98 Å². The number of nitrogens with one attached hydrogen (secondary N) is 1. The Bertz CT molecular complexity index is 490. The maximum absolute atomic E-state index is 5.78. The van der Waals surface area contributed by atoms with Crippen LogP contribution >= 0.6 is 23.8 Å². The van der Waals surface area contributed by atoms with Crippen molar-refractivity contribution in [2.75, 3.05) is 0 Å². The predicted molar refractivity (Wildman–Crippen MR) is 59.9 cm³/mol. The number of aromatic amines is 1. The summed E-state index contributed by atoms with van der Waals surface area (Å²) < 4.78 is 0.671. The molecule has 0 saturated heterocycles. The molecule has 1 aromatic heterocycles. The number of H-pyrrole nitrogens is 1. The van der Waals surface area contributed by atoms with E-state index in [-0.39, 0.29) is 0 Å². The van der Waals surface area contributed by atoms with Crippen LogP contribution in [0.2, 0.25) is 5.02 Å². The van der Waals surface area contributed by atoms with Gasteiger partial charge in [-0.15, -0.1) is 0 Å². The summed E-state index contributed by atoms with van der Waals surface area (Å²) in [6.07, 6.45) is 1.68. The van der Waals surface area contributed by atoms with E-state index in [0.717, 1.165) is 11.4 Å². The molecule has 0 spiro atoms. The molecule has 0 aliphatic rings. The van der Waals surface area contributed by atoms with E-state index < -0.39 is 0 Å². The summed E-state index contributed by atoms with van der Waals surface area (Å²) in [5, 5.41) is 0.711. The standard InChI is InChI=1S/C10H7ClN2S/c11-8-3-1-7(2-4-8)10-12-6-5-9(14)13-10/h1-6H,(H,12,13,14). The summed E-state index contributed by atoms with van der Waals surface area (Å²) in [5.74, 6) is 0.758. The van der Waals surface area contributed by atoms with Crippen LogP contribution in [0.4, 0.5) is 0 Å². The smallest absolute Gasteiger partial charge is 0.138 e. The summed E-state index contributed by atoms with van der Waals surface area (Å²) >= 11 is 10.8. The molecule has 0 radical (unpaired) electrons. The number of aromatic nitrogens is 2. The van der Waals surface area contributed by atoms with Gasteiger partial charge in [0.15, 0.2) is 0 Å². The Morgan fingerprint density at radius 2 is 1.86 bits per heavy atom. The number of hydrogen-bond donors (Lipinski definition) is 1. The lowest BCUT2D eigenvalue weighted by Crippen LogP contribution is -1.87. The number of rotatable bonds is 1. The summed E-state index contributed by atoms with van der Waals surface area (Å²) in [4.78, 5) is 7.18. The zero-order valence-corrected chi connectivity index (χ0v) is 8.77. The molecule has 2 nitrogen and oxygen atoms in total. The van der Waals surface area contributed by atoms with Crippen molar-refractivity contribution in [3.05, 3.63) is 46.2 Å². The molecule has 0 amide bonds. The summed E-state index contributed by atoms with van der Waals surface area (Å²) in [6, 6.07) is 9.19. The van der Waals surface area contributed by atoms with Crippen LogP contribution in [-0.4, -0.2) is 9.97 Å². The number of benzene rings is 1. The van der Waals surface area contributed by atoms with Crippen molar-refractivity contribution in [2.45, 2.75) is 0 Å². The molecular weight excluding hydrogens is 216 g/mol. The lowest BCUT2D eigenvalue weighted by atomic mass is 10.2. The van der Waals surface area contributed by atoms with Crippen LogP contribution in [0, 0.1) is 4.64 Å². The molecule has 1 N–H and O–H groups in total. The van der Waals surface area contributed by atoms with Crippen LogP contribution in [-0.2, 0) is 0 Å². The first-order chi connectivity index (χ1) is 6.75. The fourth-order valence-corrected chi connectivity index (χ4v) is 1.41. The van der Waals surface area contributed by atoms with Crippen molar-refractivity contribution in [1.82, 2.24) is 9.97 Å². The van der Waals surface area contributed by atoms with E-state index in [1.807, 2.05) is 24.3 Å². The van der Waals surface area contributed by atoms with E-state index in [9.17, 15) is 0 Å². The normalized spacial score (nSPS) is 10.1. The van der Waals surface area contributed by atoms with E-state index in [1.54, 1.807) is 12.3 Å². The molecule has 0 bridgehead atoms. The average molecular weight is 223 g/mol. The molecule has 1 aromatic carbocycles. The Kier molecular flexibility index (Phi) is 2.61. The molecule has 70 valence electrons. The third kappa shape index (κ3) is 2.00. The highest BCUT2D eigenvalue weighted by Gasteiger charge is 1.97. The van der Waals surface area contributed by atoms with E-state index in [0.29, 0.717) is 9.66 Å². The topological polar surface area (TPSA) is 28.7 Å². The van der Waals surface area contributed by atoms with Crippen LogP contribution in [0.5, 0.6) is 0 Å². The molecule has 2 rings (SSSR count). The molecular formula is C10H7ClN2S. The molecule has 14 heavy (non-hydrogen) atoms. The zero-order chi connectivity index (χ0) is 9.97. The van der Waals surface area contributed by atoms with Crippen molar-refractivity contribution in [1.29, 1.82) is 0 Å². The van der Waals surface area contributed by atoms with Gasteiger partial charge in [0.25, 0.3) is 0 Å². The molecule has 0 aliphatic heterocycles. The SMILES string of the molecule is S=c1ccnc(-c2ccc(Cl)cc2)[nH]1. The minimum Gasteiger partial charge on any atom is -0.331 e. The number of nitrogens with zero attached hydrogens (tertiary/aromatic N) is 1. The van der Waals surface area contributed by atoms with Gasteiger partial charge in [-0.25, -0.2) is 4.98 Å². The van der Waals surface area contributed by atoms with Crippen molar-refractivity contribution in [2.24, 2.45) is 0 Å². The fraction of sp³-hybridized carbons (Fsp3) is 0. The Balaban J connectivity index is 2.50. The summed E-state index contributed by atoms with van der Waals surface area (Å²) in [7, 11) is 0. The maximum Gasteiger partial charge on any atom is 0.138 e. The van der Waals surface area contributed by atoms with Crippen LogP contribution < -0.4 is 0 Å². The lowest BCUT2D eigenvalue weighted by molar-refractivity contribution is 1.16. The third-order valence-corrected chi connectivity index (χ3v) is 2.28. The van der Waals surface area contributed by atoms with E-state index in [4.69, 9.17) is 23.8 Å². The van der Waals surface area contributed by atoms with E-state index in [2.05, 4.69) is 9.97 Å². The van der Waals surface area contributed by atoms with Gasteiger partial charge in [0.05, 0.1) is 0 Å². The largest absolute Gasteiger partial charge is 0.331 e.